The maximum Gasteiger partial charge on any atom is 0.230 e. The van der Waals surface area contributed by atoms with E-state index >= 15 is 0 Å². The molecule has 3 nitrogen and oxygen atoms in total. The van der Waals surface area contributed by atoms with E-state index in [0.29, 0.717) is 18.4 Å². The quantitative estimate of drug-likeness (QED) is 0.818. The standard InChI is InChI=1S/C19H24ClNO2/c1-2-23-16-6-4-3-5-15(16)21-17(22)18-8-13-7-14(9-18)11-19(20,10-13)12-18/h3-6,13-14H,2,7-12H2,1H3,(H,21,22). The van der Waals surface area contributed by atoms with Crippen LogP contribution < -0.4 is 10.1 Å². The smallest absolute Gasteiger partial charge is 0.230 e. The SMILES string of the molecule is CCOc1ccccc1NC(=O)C12CC3CC(CC(Cl)(C3)C1)C2. The van der Waals surface area contributed by atoms with E-state index in [-0.39, 0.29) is 16.2 Å². The van der Waals surface area contributed by atoms with Crippen LogP contribution in [0.3, 0.4) is 0 Å². The Balaban J connectivity index is 1.58. The van der Waals surface area contributed by atoms with Crippen LogP contribution in [0.1, 0.15) is 45.4 Å². The molecule has 0 heterocycles. The number of amides is 1. The zero-order valence-corrected chi connectivity index (χ0v) is 14.4. The number of hydrogen-bond donors (Lipinski definition) is 1. The summed E-state index contributed by atoms with van der Waals surface area (Å²) in [5.74, 6) is 2.14. The number of hydrogen-bond acceptors (Lipinski definition) is 2. The summed E-state index contributed by atoms with van der Waals surface area (Å²) < 4.78 is 5.64. The van der Waals surface area contributed by atoms with Gasteiger partial charge in [0.05, 0.1) is 17.7 Å². The predicted octanol–water partition coefficient (Wildman–Crippen LogP) is 4.60. The van der Waals surface area contributed by atoms with Gasteiger partial charge in [0.1, 0.15) is 5.75 Å². The number of benzene rings is 1. The van der Waals surface area contributed by atoms with Gasteiger partial charge in [-0.2, -0.15) is 0 Å². The van der Waals surface area contributed by atoms with Gasteiger partial charge in [0.2, 0.25) is 5.91 Å². The number of para-hydroxylation sites is 2. The third kappa shape index (κ3) is 2.63. The van der Waals surface area contributed by atoms with Crippen molar-refractivity contribution in [1.82, 2.24) is 0 Å². The van der Waals surface area contributed by atoms with Crippen LogP contribution in [0, 0.1) is 17.3 Å². The Morgan fingerprint density at radius 3 is 2.61 bits per heavy atom. The summed E-state index contributed by atoms with van der Waals surface area (Å²) in [6.45, 7) is 2.54. The van der Waals surface area contributed by atoms with Crippen molar-refractivity contribution in [3.05, 3.63) is 24.3 Å². The number of alkyl halides is 1. The molecule has 4 aliphatic rings. The first-order valence-corrected chi connectivity index (χ1v) is 9.12. The fourth-order valence-corrected chi connectivity index (χ4v) is 6.21. The molecule has 5 rings (SSSR count). The highest BCUT2D eigenvalue weighted by molar-refractivity contribution is 6.24. The second-order valence-electron chi connectivity index (χ2n) is 7.78. The number of nitrogens with one attached hydrogen (secondary N) is 1. The lowest BCUT2D eigenvalue weighted by atomic mass is 9.49. The van der Waals surface area contributed by atoms with Crippen LogP contribution in [0.2, 0.25) is 0 Å². The van der Waals surface area contributed by atoms with E-state index in [1.54, 1.807) is 0 Å². The number of anilines is 1. The van der Waals surface area contributed by atoms with E-state index in [1.807, 2.05) is 31.2 Å². The molecule has 23 heavy (non-hydrogen) atoms. The zero-order valence-electron chi connectivity index (χ0n) is 13.6. The number of ether oxygens (including phenoxy) is 1. The minimum Gasteiger partial charge on any atom is -0.492 e. The largest absolute Gasteiger partial charge is 0.492 e. The van der Waals surface area contributed by atoms with Gasteiger partial charge >= 0.3 is 0 Å². The molecule has 1 aromatic carbocycles. The van der Waals surface area contributed by atoms with Gasteiger partial charge in [0.25, 0.3) is 0 Å². The van der Waals surface area contributed by atoms with Crippen molar-refractivity contribution < 1.29 is 9.53 Å². The Hall–Kier alpha value is -1.22. The lowest BCUT2D eigenvalue weighted by Gasteiger charge is -2.59. The Morgan fingerprint density at radius 2 is 1.96 bits per heavy atom. The molecule has 1 aromatic rings. The highest BCUT2D eigenvalue weighted by atomic mass is 35.5. The average molecular weight is 334 g/mol. The molecular weight excluding hydrogens is 310 g/mol. The first-order valence-electron chi connectivity index (χ1n) is 8.74. The van der Waals surface area contributed by atoms with Crippen LogP contribution in [0.4, 0.5) is 5.69 Å². The van der Waals surface area contributed by atoms with Gasteiger partial charge in [0.15, 0.2) is 0 Å². The van der Waals surface area contributed by atoms with Crippen molar-refractivity contribution in [3.8, 4) is 5.75 Å². The van der Waals surface area contributed by atoms with Crippen molar-refractivity contribution in [2.75, 3.05) is 11.9 Å². The molecule has 0 aliphatic heterocycles. The van der Waals surface area contributed by atoms with Gasteiger partial charge in [-0.3, -0.25) is 4.79 Å². The molecule has 1 N–H and O–H groups in total. The molecule has 0 aromatic heterocycles. The second kappa shape index (κ2) is 5.41. The lowest BCUT2D eigenvalue weighted by Crippen LogP contribution is -2.57. The summed E-state index contributed by atoms with van der Waals surface area (Å²) >= 11 is 6.84. The van der Waals surface area contributed by atoms with E-state index in [1.165, 1.54) is 6.42 Å². The topological polar surface area (TPSA) is 38.3 Å². The maximum absolute atomic E-state index is 13.1. The Bertz CT molecular complexity index is 616. The zero-order chi connectivity index (χ0) is 16.1. The molecule has 1 amide bonds. The summed E-state index contributed by atoms with van der Waals surface area (Å²) in [5.41, 5.74) is 0.504. The molecule has 4 aliphatic carbocycles. The van der Waals surface area contributed by atoms with Crippen molar-refractivity contribution in [1.29, 1.82) is 0 Å². The van der Waals surface area contributed by atoms with Crippen molar-refractivity contribution in [2.45, 2.75) is 50.3 Å². The van der Waals surface area contributed by atoms with Crippen LogP contribution in [-0.2, 0) is 4.79 Å². The molecule has 4 fully saturated rings. The minimum absolute atomic E-state index is 0.138. The van der Waals surface area contributed by atoms with Crippen LogP contribution in [-0.4, -0.2) is 17.4 Å². The number of halogens is 1. The van der Waals surface area contributed by atoms with E-state index in [0.717, 1.165) is 43.5 Å². The highest BCUT2D eigenvalue weighted by Gasteiger charge is 2.60. The van der Waals surface area contributed by atoms with Crippen molar-refractivity contribution >= 4 is 23.2 Å². The molecule has 4 heteroatoms. The average Bonchev–Trinajstić information content (AvgIpc) is 2.47. The van der Waals surface area contributed by atoms with Crippen LogP contribution >= 0.6 is 11.6 Å². The fraction of sp³-hybridized carbons (Fsp3) is 0.632. The van der Waals surface area contributed by atoms with E-state index in [4.69, 9.17) is 16.3 Å². The van der Waals surface area contributed by atoms with E-state index in [9.17, 15) is 4.79 Å². The molecular formula is C19H24ClNO2. The lowest BCUT2D eigenvalue weighted by molar-refractivity contribution is -0.138. The normalized spacial score (nSPS) is 37.7. The fourth-order valence-electron chi connectivity index (χ4n) is 5.52. The molecule has 2 atom stereocenters. The Kier molecular flexibility index (Phi) is 3.60. The summed E-state index contributed by atoms with van der Waals surface area (Å²) in [7, 11) is 0. The van der Waals surface area contributed by atoms with Gasteiger partial charge < -0.3 is 10.1 Å². The third-order valence-electron chi connectivity index (χ3n) is 5.91. The van der Waals surface area contributed by atoms with Crippen molar-refractivity contribution in [3.63, 3.8) is 0 Å². The summed E-state index contributed by atoms with van der Waals surface area (Å²) in [5, 5.41) is 3.15. The Morgan fingerprint density at radius 1 is 1.26 bits per heavy atom. The number of rotatable bonds is 4. The molecule has 2 unspecified atom stereocenters. The first-order chi connectivity index (χ1) is 11.0. The molecule has 4 bridgehead atoms. The summed E-state index contributed by atoms with van der Waals surface area (Å²) in [6.07, 6.45) is 6.28. The number of carbonyl (C=O) groups excluding carboxylic acids is 1. The maximum atomic E-state index is 13.1. The summed E-state index contributed by atoms with van der Waals surface area (Å²) in [4.78, 5) is 13.0. The first kappa shape index (κ1) is 15.3. The molecule has 0 spiro atoms. The summed E-state index contributed by atoms with van der Waals surface area (Å²) in [6, 6.07) is 7.68. The third-order valence-corrected chi connectivity index (χ3v) is 6.35. The highest BCUT2D eigenvalue weighted by Crippen LogP contribution is 2.64. The van der Waals surface area contributed by atoms with Gasteiger partial charge in [-0.05, 0) is 69.4 Å². The van der Waals surface area contributed by atoms with Crippen LogP contribution in [0.15, 0.2) is 24.3 Å². The Labute approximate surface area is 142 Å². The van der Waals surface area contributed by atoms with Crippen molar-refractivity contribution in [2.24, 2.45) is 17.3 Å². The van der Waals surface area contributed by atoms with Gasteiger partial charge in [0, 0.05) is 4.87 Å². The van der Waals surface area contributed by atoms with E-state index in [2.05, 4.69) is 5.32 Å². The van der Waals surface area contributed by atoms with Gasteiger partial charge in [-0.25, -0.2) is 0 Å². The second-order valence-corrected chi connectivity index (χ2v) is 8.58. The van der Waals surface area contributed by atoms with Gasteiger partial charge in [-0.1, -0.05) is 12.1 Å². The predicted molar refractivity (Wildman–Crippen MR) is 91.9 cm³/mol. The minimum atomic E-state index is -0.273. The molecule has 0 radical (unpaired) electrons. The number of carbonyl (C=O) groups is 1. The van der Waals surface area contributed by atoms with Crippen LogP contribution in [0.25, 0.3) is 0 Å². The molecule has 0 saturated heterocycles. The molecule has 124 valence electrons. The monoisotopic (exact) mass is 333 g/mol. The van der Waals surface area contributed by atoms with Crippen LogP contribution in [0.5, 0.6) is 5.75 Å². The van der Waals surface area contributed by atoms with Gasteiger partial charge in [-0.15, -0.1) is 11.6 Å². The molecule has 4 saturated carbocycles. The van der Waals surface area contributed by atoms with E-state index < -0.39 is 0 Å².